The molecule has 48 valence electrons. The summed E-state index contributed by atoms with van der Waals surface area (Å²) >= 11 is 0. The van der Waals surface area contributed by atoms with Gasteiger partial charge in [-0.05, 0) is 0 Å². The van der Waals surface area contributed by atoms with Gasteiger partial charge in [0, 0.05) is 0 Å². The Morgan fingerprint density at radius 3 is 1.25 bits per heavy atom. The van der Waals surface area contributed by atoms with Crippen LogP contribution in [0.25, 0.3) is 0 Å². The van der Waals surface area contributed by atoms with Crippen molar-refractivity contribution >= 4 is 14.5 Å². The Morgan fingerprint density at radius 1 is 1.25 bits per heavy atom. The van der Waals surface area contributed by atoms with Gasteiger partial charge in [0.25, 0.3) is 0 Å². The molecule has 0 atom stereocenters. The van der Waals surface area contributed by atoms with E-state index < -0.39 is 0 Å². The third-order valence-corrected chi connectivity index (χ3v) is 0. The lowest BCUT2D eigenvalue weighted by molar-refractivity contribution is -0.849. The minimum Gasteiger partial charge on any atom is -0.623 e. The minimum atomic E-state index is 1.00. The van der Waals surface area contributed by atoms with Crippen LogP contribution < -0.4 is 0 Å². The van der Waals surface area contributed by atoms with Gasteiger partial charge >= 0.3 is 0 Å². The molecule has 0 aromatic heterocycles. The normalized spacial score (nSPS) is 8.50. The van der Waals surface area contributed by atoms with E-state index in [4.69, 9.17) is 4.79 Å². The highest BCUT2D eigenvalue weighted by Crippen LogP contribution is 1.73. The van der Waals surface area contributed by atoms with Crippen molar-refractivity contribution < 1.29 is 9.28 Å². The molecule has 0 saturated carbocycles. The van der Waals surface area contributed by atoms with Crippen LogP contribution in [0.15, 0.2) is 0 Å². The lowest BCUT2D eigenvalue weighted by Crippen LogP contribution is -2.27. The molecule has 0 aromatic carbocycles. The van der Waals surface area contributed by atoms with Crippen LogP contribution in [0.5, 0.6) is 0 Å². The van der Waals surface area contributed by atoms with Gasteiger partial charge in [0.1, 0.15) is 0 Å². The van der Waals surface area contributed by atoms with Crippen LogP contribution in [-0.4, -0.2) is 38.3 Å². The highest BCUT2D eigenvalue weighted by molar-refractivity contribution is 7.16. The fourth-order valence-electron chi connectivity index (χ4n) is 0. The van der Waals surface area contributed by atoms with Gasteiger partial charge in [-0.15, -0.1) is 5.66 Å². The van der Waals surface area contributed by atoms with E-state index >= 15 is 0 Å². The van der Waals surface area contributed by atoms with E-state index in [1.54, 1.807) is 0 Å². The van der Waals surface area contributed by atoms with Crippen molar-refractivity contribution in [2.75, 3.05) is 28.2 Å². The van der Waals surface area contributed by atoms with Crippen LogP contribution >= 0.6 is 8.86 Å². The molecule has 0 heterocycles. The molecule has 0 aliphatic rings. The van der Waals surface area contributed by atoms with Crippen molar-refractivity contribution in [3.05, 3.63) is 0 Å². The van der Waals surface area contributed by atoms with E-state index in [1.807, 2.05) is 0 Å². The zero-order chi connectivity index (χ0) is 7.21. The fraction of sp³-hybridized carbons (Fsp3) is 0.800. The molecule has 0 aliphatic heterocycles. The molecular weight excluding hydrogens is 121 g/mol. The van der Waals surface area contributed by atoms with Crippen molar-refractivity contribution in [2.24, 2.45) is 0 Å². The number of hydrogen-bond acceptors (Lipinski definition) is 1. The van der Waals surface area contributed by atoms with Crippen LogP contribution in [0, 0.1) is 0 Å². The molecule has 0 saturated heterocycles. The van der Waals surface area contributed by atoms with Crippen molar-refractivity contribution in [1.82, 2.24) is 0 Å². The van der Waals surface area contributed by atoms with Gasteiger partial charge in [0.15, 0.2) is 0 Å². The third kappa shape index (κ3) is 5340. The predicted octanol–water partition coefficient (Wildman–Crippen LogP) is 0.786. The topological polar surface area (TPSA) is 17.1 Å². The third-order valence-electron chi connectivity index (χ3n) is 0. The summed E-state index contributed by atoms with van der Waals surface area (Å²) in [6.07, 6.45) is 0. The number of quaternary nitrogens is 1. The summed E-state index contributed by atoms with van der Waals surface area (Å²) in [6.45, 7) is 0. The molecule has 0 spiro atoms. The van der Waals surface area contributed by atoms with Crippen molar-refractivity contribution in [1.29, 1.82) is 0 Å². The molecule has 0 aliphatic carbocycles. The Bertz CT molecular complexity index is 72.9. The molecule has 2 nitrogen and oxygen atoms in total. The minimum absolute atomic E-state index is 1.00. The fourth-order valence-corrected chi connectivity index (χ4v) is 0. The Morgan fingerprint density at radius 2 is 1.25 bits per heavy atom. The second kappa shape index (κ2) is 4.99. The summed E-state index contributed by atoms with van der Waals surface area (Å²) in [5.41, 5.74) is 1.19. The second-order valence-corrected chi connectivity index (χ2v) is 2.96. The van der Waals surface area contributed by atoms with E-state index in [0.29, 0.717) is 0 Å². The Hall–Kier alpha value is -0.160. The summed E-state index contributed by atoms with van der Waals surface area (Å²) in [7, 11) is 11.5. The molecule has 0 aromatic rings. The first-order valence-electron chi connectivity index (χ1n) is 2.22. The molecule has 8 heavy (non-hydrogen) atoms. The summed E-state index contributed by atoms with van der Waals surface area (Å²) in [6, 6.07) is 0. The largest absolute Gasteiger partial charge is 0.623 e. The average molecular weight is 133 g/mol. The molecular formula is C5H12NOP. The summed E-state index contributed by atoms with van der Waals surface area (Å²) in [5, 5.41) is 0. The van der Waals surface area contributed by atoms with Crippen LogP contribution in [-0.2, 0) is 4.79 Å². The monoisotopic (exact) mass is 133 g/mol. The Balaban J connectivity index is 0. The summed E-state index contributed by atoms with van der Waals surface area (Å²) < 4.78 is 1.00. The predicted molar refractivity (Wildman–Crippen MR) is 36.6 cm³/mol. The van der Waals surface area contributed by atoms with Crippen molar-refractivity contribution in [3.63, 3.8) is 0 Å². The van der Waals surface area contributed by atoms with Crippen LogP contribution in [0.4, 0.5) is 0 Å². The van der Waals surface area contributed by atoms with Crippen molar-refractivity contribution in [3.8, 4) is 0 Å². The van der Waals surface area contributed by atoms with Crippen LogP contribution in [0.3, 0.4) is 0 Å². The van der Waals surface area contributed by atoms with E-state index in [9.17, 15) is 0 Å². The van der Waals surface area contributed by atoms with E-state index in [0.717, 1.165) is 4.48 Å². The summed E-state index contributed by atoms with van der Waals surface area (Å²) in [4.78, 5) is 8.54. The van der Waals surface area contributed by atoms with Gasteiger partial charge in [-0.1, -0.05) is 0 Å². The van der Waals surface area contributed by atoms with Crippen LogP contribution in [0.1, 0.15) is 0 Å². The zero-order valence-corrected chi connectivity index (χ0v) is 6.70. The number of rotatable bonds is 0. The highest BCUT2D eigenvalue weighted by Gasteiger charge is 1.88. The van der Waals surface area contributed by atoms with Gasteiger partial charge in [-0.3, -0.25) is 4.79 Å². The number of hydrogen-bond donors (Lipinski definition) is 0. The van der Waals surface area contributed by atoms with E-state index in [-0.39, 0.29) is 0 Å². The van der Waals surface area contributed by atoms with Gasteiger partial charge in [-0.2, -0.15) is 0 Å². The van der Waals surface area contributed by atoms with E-state index in [2.05, 4.69) is 37.1 Å². The van der Waals surface area contributed by atoms with Gasteiger partial charge in [0.2, 0.25) is 0 Å². The quantitative estimate of drug-likeness (QED) is 0.352. The second-order valence-electron chi connectivity index (χ2n) is 2.77. The number of carbonyl (C=O) groups excluding carboxylic acids is 1. The Kier molecular flexibility index (Phi) is 6.70. The van der Waals surface area contributed by atoms with Crippen LogP contribution in [0.2, 0.25) is 0 Å². The zero-order valence-electron chi connectivity index (χ0n) is 5.80. The molecule has 0 unspecified atom stereocenters. The molecule has 0 N–H and O–H groups in total. The molecule has 0 amide bonds. The average Bonchev–Trinajstić information content (AvgIpc) is 1.27. The SMILES string of the molecule is C[N+](C)(C)C.O=C=[P-]. The smallest absolute Gasteiger partial charge is 0.0675 e. The van der Waals surface area contributed by atoms with Gasteiger partial charge < -0.3 is 13.3 Å². The molecule has 0 rings (SSSR count). The lowest BCUT2D eigenvalue weighted by Gasteiger charge is -2.14. The van der Waals surface area contributed by atoms with Gasteiger partial charge in [0.05, 0.1) is 28.2 Å². The first kappa shape index (κ1) is 10.8. The summed E-state index contributed by atoms with van der Waals surface area (Å²) in [5.74, 6) is 0. The first-order chi connectivity index (χ1) is 3.41. The maximum Gasteiger partial charge on any atom is 0.0675 e. The highest BCUT2D eigenvalue weighted by atomic mass is 31.0. The number of nitrogens with zero attached hydrogens (tertiary/aromatic N) is 1. The maximum atomic E-state index is 8.54. The molecule has 3 heteroatoms. The maximum absolute atomic E-state index is 8.54. The van der Waals surface area contributed by atoms with Gasteiger partial charge in [-0.25, -0.2) is 0 Å². The van der Waals surface area contributed by atoms with E-state index in [1.165, 1.54) is 5.66 Å². The standard InChI is InChI=1S/C4H12N.COP/c1-5(2,3)4;2-1-3/h1-4H3;/q+1;-1. The first-order valence-corrected chi connectivity index (χ1v) is 2.66. The molecule has 0 fully saturated rings. The molecule has 0 radical (unpaired) electrons. The Labute approximate surface area is 52.9 Å². The lowest BCUT2D eigenvalue weighted by atomic mass is 10.8. The molecule has 0 bridgehead atoms. The van der Waals surface area contributed by atoms with Crippen molar-refractivity contribution in [2.45, 2.75) is 0 Å².